The van der Waals surface area contributed by atoms with Gasteiger partial charge in [0.15, 0.2) is 0 Å². The number of esters is 1. The number of rotatable bonds is 2. The monoisotopic (exact) mass is 148 g/mol. The number of alkyl halides is 1. The van der Waals surface area contributed by atoms with Crippen LogP contribution in [0.15, 0.2) is 0 Å². The maximum absolute atomic E-state index is 10.5. The van der Waals surface area contributed by atoms with Gasteiger partial charge in [-0.05, 0) is 19.3 Å². The van der Waals surface area contributed by atoms with Crippen LogP contribution in [0.2, 0.25) is 0 Å². The fourth-order valence-electron chi connectivity index (χ4n) is 0.706. The topological polar surface area (TPSA) is 26.3 Å². The van der Waals surface area contributed by atoms with Gasteiger partial charge in [0.25, 0.3) is 0 Å². The minimum atomic E-state index is -0.290. The van der Waals surface area contributed by atoms with E-state index in [1.54, 1.807) is 0 Å². The Bertz CT molecular complexity index is 110. The summed E-state index contributed by atoms with van der Waals surface area (Å²) in [6.07, 6.45) is 3.39. The number of ether oxygens (including phenoxy) is 1. The van der Waals surface area contributed by atoms with E-state index in [-0.39, 0.29) is 18.0 Å². The first kappa shape index (κ1) is 6.87. The third kappa shape index (κ3) is 1.86. The van der Waals surface area contributed by atoms with Crippen LogP contribution < -0.4 is 0 Å². The zero-order chi connectivity index (χ0) is 6.69. The molecule has 0 aromatic carbocycles. The molecule has 1 rings (SSSR count). The highest BCUT2D eigenvalue weighted by atomic mass is 35.5. The highest BCUT2D eigenvalue weighted by molar-refractivity contribution is 6.26. The van der Waals surface area contributed by atoms with Crippen molar-refractivity contribution >= 4 is 17.6 Å². The summed E-state index contributed by atoms with van der Waals surface area (Å²) in [5, 5.41) is 0. The molecule has 0 aliphatic heterocycles. The molecule has 3 heteroatoms. The molecule has 1 aliphatic rings. The molecule has 0 radical (unpaired) electrons. The summed E-state index contributed by atoms with van der Waals surface area (Å²) in [6, 6.07) is 0. The quantitative estimate of drug-likeness (QED) is 0.436. The molecule has 0 amide bonds. The van der Waals surface area contributed by atoms with Crippen molar-refractivity contribution in [1.82, 2.24) is 0 Å². The fraction of sp³-hybridized carbons (Fsp3) is 0.833. The molecule has 0 unspecified atom stereocenters. The zero-order valence-corrected chi connectivity index (χ0v) is 5.86. The van der Waals surface area contributed by atoms with E-state index < -0.39 is 0 Å². The summed E-state index contributed by atoms with van der Waals surface area (Å²) in [6.45, 7) is 0. The van der Waals surface area contributed by atoms with Crippen LogP contribution in [-0.4, -0.2) is 18.0 Å². The Hall–Kier alpha value is -0.240. The first-order chi connectivity index (χ1) is 4.33. The molecule has 1 saturated carbocycles. The number of hydrogen-bond donors (Lipinski definition) is 0. The first-order valence-electron chi connectivity index (χ1n) is 3.08. The third-order valence-electron chi connectivity index (χ3n) is 1.46. The van der Waals surface area contributed by atoms with E-state index in [2.05, 4.69) is 0 Å². The van der Waals surface area contributed by atoms with Crippen LogP contribution in [0, 0.1) is 0 Å². The van der Waals surface area contributed by atoms with Crippen molar-refractivity contribution in [3.05, 3.63) is 0 Å². The van der Waals surface area contributed by atoms with Crippen molar-refractivity contribution in [3.63, 3.8) is 0 Å². The van der Waals surface area contributed by atoms with Crippen LogP contribution >= 0.6 is 11.6 Å². The Kier molecular flexibility index (Phi) is 2.34. The molecule has 1 fully saturated rings. The lowest BCUT2D eigenvalue weighted by Gasteiger charge is -2.24. The van der Waals surface area contributed by atoms with Crippen LogP contribution in [0.1, 0.15) is 19.3 Å². The van der Waals surface area contributed by atoms with Gasteiger partial charge >= 0.3 is 5.97 Å². The number of hydrogen-bond acceptors (Lipinski definition) is 2. The van der Waals surface area contributed by atoms with Crippen molar-refractivity contribution in [2.75, 3.05) is 5.88 Å². The second-order valence-electron chi connectivity index (χ2n) is 2.18. The van der Waals surface area contributed by atoms with Crippen LogP contribution in [0.3, 0.4) is 0 Å². The average molecular weight is 149 g/mol. The Morgan fingerprint density at radius 2 is 2.33 bits per heavy atom. The molecule has 52 valence electrons. The molecular weight excluding hydrogens is 140 g/mol. The van der Waals surface area contributed by atoms with Crippen LogP contribution in [0.5, 0.6) is 0 Å². The van der Waals surface area contributed by atoms with Gasteiger partial charge in [-0.1, -0.05) is 0 Å². The molecular formula is C6H9ClO2. The largest absolute Gasteiger partial charge is 0.461 e. The highest BCUT2D eigenvalue weighted by Crippen LogP contribution is 2.21. The summed E-state index contributed by atoms with van der Waals surface area (Å²) >= 11 is 5.20. The van der Waals surface area contributed by atoms with E-state index in [0.717, 1.165) is 12.8 Å². The third-order valence-corrected chi connectivity index (χ3v) is 1.68. The number of halogens is 1. The standard InChI is InChI=1S/C6H9ClO2/c7-4-6(8)9-5-2-1-3-5/h5H,1-4H2. The summed E-state index contributed by atoms with van der Waals surface area (Å²) in [7, 11) is 0. The number of carbonyl (C=O) groups is 1. The molecule has 0 heterocycles. The first-order valence-corrected chi connectivity index (χ1v) is 3.62. The molecule has 0 N–H and O–H groups in total. The van der Waals surface area contributed by atoms with Gasteiger partial charge in [-0.25, -0.2) is 0 Å². The Morgan fingerprint density at radius 3 is 2.67 bits per heavy atom. The van der Waals surface area contributed by atoms with Crippen LogP contribution in [-0.2, 0) is 9.53 Å². The Labute approximate surface area is 59.1 Å². The van der Waals surface area contributed by atoms with E-state index in [1.807, 2.05) is 0 Å². The maximum Gasteiger partial charge on any atom is 0.321 e. The van der Waals surface area contributed by atoms with E-state index in [9.17, 15) is 4.79 Å². The fourth-order valence-corrected chi connectivity index (χ4v) is 0.769. The van der Waals surface area contributed by atoms with E-state index in [1.165, 1.54) is 6.42 Å². The lowest BCUT2D eigenvalue weighted by molar-refractivity contribution is -0.149. The molecule has 0 atom stereocenters. The highest BCUT2D eigenvalue weighted by Gasteiger charge is 2.20. The SMILES string of the molecule is O=C(CCl)OC1CCC1. The van der Waals surface area contributed by atoms with Gasteiger partial charge in [-0.15, -0.1) is 11.6 Å². The Balaban J connectivity index is 2.09. The van der Waals surface area contributed by atoms with E-state index in [0.29, 0.717) is 0 Å². The van der Waals surface area contributed by atoms with Gasteiger partial charge in [0.2, 0.25) is 0 Å². The summed E-state index contributed by atoms with van der Waals surface area (Å²) in [5.41, 5.74) is 0. The second kappa shape index (κ2) is 3.06. The van der Waals surface area contributed by atoms with Crippen molar-refractivity contribution < 1.29 is 9.53 Å². The lowest BCUT2D eigenvalue weighted by atomic mass is 9.96. The van der Waals surface area contributed by atoms with Gasteiger partial charge in [-0.2, -0.15) is 0 Å². The van der Waals surface area contributed by atoms with Crippen molar-refractivity contribution in [3.8, 4) is 0 Å². The smallest absolute Gasteiger partial charge is 0.321 e. The minimum Gasteiger partial charge on any atom is -0.461 e. The molecule has 2 nitrogen and oxygen atoms in total. The summed E-state index contributed by atoms with van der Waals surface area (Å²) in [4.78, 5) is 10.5. The Morgan fingerprint density at radius 1 is 1.67 bits per heavy atom. The summed E-state index contributed by atoms with van der Waals surface area (Å²) < 4.78 is 4.86. The van der Waals surface area contributed by atoms with Gasteiger partial charge in [0.05, 0.1) is 0 Å². The summed E-state index contributed by atoms with van der Waals surface area (Å²) in [5.74, 6) is -0.308. The van der Waals surface area contributed by atoms with Crippen LogP contribution in [0.25, 0.3) is 0 Å². The van der Waals surface area contributed by atoms with E-state index >= 15 is 0 Å². The van der Waals surface area contributed by atoms with Gasteiger partial charge < -0.3 is 4.74 Å². The second-order valence-corrected chi connectivity index (χ2v) is 2.44. The normalized spacial score (nSPS) is 18.8. The van der Waals surface area contributed by atoms with Gasteiger partial charge in [0, 0.05) is 0 Å². The minimum absolute atomic E-state index is 0.0174. The van der Waals surface area contributed by atoms with Crippen molar-refractivity contribution in [1.29, 1.82) is 0 Å². The van der Waals surface area contributed by atoms with E-state index in [4.69, 9.17) is 16.3 Å². The molecule has 1 aliphatic carbocycles. The predicted molar refractivity (Wildman–Crippen MR) is 34.5 cm³/mol. The molecule has 0 aromatic heterocycles. The molecule has 0 spiro atoms. The number of carbonyl (C=O) groups excluding carboxylic acids is 1. The molecule has 0 bridgehead atoms. The van der Waals surface area contributed by atoms with Crippen molar-refractivity contribution in [2.24, 2.45) is 0 Å². The molecule has 0 saturated heterocycles. The zero-order valence-electron chi connectivity index (χ0n) is 5.10. The van der Waals surface area contributed by atoms with Crippen LogP contribution in [0.4, 0.5) is 0 Å². The molecule has 0 aromatic rings. The maximum atomic E-state index is 10.5. The lowest BCUT2D eigenvalue weighted by Crippen LogP contribution is -2.25. The van der Waals surface area contributed by atoms with Gasteiger partial charge in [0.1, 0.15) is 12.0 Å². The predicted octanol–water partition coefficient (Wildman–Crippen LogP) is 1.32. The molecule has 9 heavy (non-hydrogen) atoms. The van der Waals surface area contributed by atoms with Crippen molar-refractivity contribution in [2.45, 2.75) is 25.4 Å². The van der Waals surface area contributed by atoms with Gasteiger partial charge in [-0.3, -0.25) is 4.79 Å². The average Bonchev–Trinajstić information content (AvgIpc) is 1.78.